The van der Waals surface area contributed by atoms with Gasteiger partial charge in [-0.2, -0.15) is 0 Å². The van der Waals surface area contributed by atoms with Crippen LogP contribution in [-0.2, 0) is 11.2 Å². The van der Waals surface area contributed by atoms with Crippen molar-refractivity contribution in [3.05, 3.63) is 29.8 Å². The Hall–Kier alpha value is -2.28. The Balaban J connectivity index is 0.000000891. The molecule has 0 aromatic heterocycles. The van der Waals surface area contributed by atoms with Crippen LogP contribution in [-0.4, -0.2) is 54.7 Å². The highest BCUT2D eigenvalue weighted by Gasteiger charge is 2.22. The number of rotatable bonds is 5. The quantitative estimate of drug-likeness (QED) is 0.609. The molecule has 1 fully saturated rings. The van der Waals surface area contributed by atoms with Gasteiger partial charge >= 0.3 is 6.03 Å². The van der Waals surface area contributed by atoms with Crippen molar-refractivity contribution in [3.8, 4) is 0 Å². The first-order chi connectivity index (χ1) is 11.6. The summed E-state index contributed by atoms with van der Waals surface area (Å²) in [4.78, 5) is 22.0. The summed E-state index contributed by atoms with van der Waals surface area (Å²) in [6.07, 6.45) is 2.90. The molecule has 2 amide bonds. The van der Waals surface area contributed by atoms with E-state index in [1.807, 2.05) is 11.8 Å². The van der Waals surface area contributed by atoms with Crippen LogP contribution in [0.1, 0.15) is 25.3 Å². The first-order valence-corrected chi connectivity index (χ1v) is 8.30. The predicted octanol–water partition coefficient (Wildman–Crippen LogP) is 1.49. The predicted molar refractivity (Wildman–Crippen MR) is 95.2 cm³/mol. The summed E-state index contributed by atoms with van der Waals surface area (Å²) in [6.45, 7) is 4.70. The number of piperidine rings is 1. The van der Waals surface area contributed by atoms with Gasteiger partial charge in [0.1, 0.15) is 0 Å². The van der Waals surface area contributed by atoms with Crippen molar-refractivity contribution in [1.82, 2.24) is 10.2 Å². The molecule has 0 unspecified atom stereocenters. The van der Waals surface area contributed by atoms with E-state index in [0.29, 0.717) is 19.1 Å². The molecule has 0 bridgehead atoms. The van der Waals surface area contributed by atoms with E-state index in [1.165, 1.54) is 5.56 Å². The molecule has 0 radical (unpaired) electrons. The zero-order valence-corrected chi connectivity index (χ0v) is 14.2. The average Bonchev–Trinajstić information content (AvgIpc) is 2.58. The lowest BCUT2D eigenvalue weighted by molar-refractivity contribution is -0.122. The molecule has 2 rings (SSSR count). The number of nitrogens with one attached hydrogen (secondary N) is 2. The van der Waals surface area contributed by atoms with Crippen molar-refractivity contribution >= 4 is 18.2 Å². The third-order valence-corrected chi connectivity index (χ3v) is 3.87. The maximum absolute atomic E-state index is 11.7. The second-order valence-electron chi connectivity index (χ2n) is 5.58. The Kier molecular flexibility index (Phi) is 9.29. The van der Waals surface area contributed by atoms with E-state index in [0.717, 1.165) is 38.0 Å². The molecule has 1 heterocycles. The fraction of sp³-hybridized carbons (Fsp3) is 0.529. The van der Waals surface area contributed by atoms with Crippen molar-refractivity contribution in [2.75, 3.05) is 31.5 Å². The number of hydrogen-bond donors (Lipinski definition) is 4. The van der Waals surface area contributed by atoms with Gasteiger partial charge < -0.3 is 26.4 Å². The number of amides is 2. The Morgan fingerprint density at radius 1 is 1.33 bits per heavy atom. The average molecular weight is 336 g/mol. The number of urea groups is 1. The van der Waals surface area contributed by atoms with Gasteiger partial charge in [0.15, 0.2) is 0 Å². The maximum Gasteiger partial charge on any atom is 0.317 e. The van der Waals surface area contributed by atoms with Gasteiger partial charge in [0.25, 0.3) is 6.47 Å². The van der Waals surface area contributed by atoms with Gasteiger partial charge in [-0.1, -0.05) is 12.1 Å². The minimum absolute atomic E-state index is 0.0575. The Morgan fingerprint density at radius 3 is 2.42 bits per heavy atom. The second-order valence-corrected chi connectivity index (χ2v) is 5.58. The fourth-order valence-corrected chi connectivity index (χ4v) is 2.66. The summed E-state index contributed by atoms with van der Waals surface area (Å²) in [5.74, 6) is 0. The molecule has 1 aromatic rings. The minimum Gasteiger partial charge on any atom is -0.483 e. The number of carboxylic acid groups (broad SMARTS) is 1. The van der Waals surface area contributed by atoms with Gasteiger partial charge in [0.2, 0.25) is 0 Å². The van der Waals surface area contributed by atoms with Crippen molar-refractivity contribution in [3.63, 3.8) is 0 Å². The summed E-state index contributed by atoms with van der Waals surface area (Å²) in [5.41, 5.74) is 7.97. The standard InChI is InChI=1S/C16H26N4O.CH2O2/c1-2-18-16(21)20-11-8-15(9-12-20)19-14-5-3-13(4-6-14)7-10-17;2-1-3/h3-6,15,19H,2,7-12,17H2,1H3,(H,18,21);1H,(H,2,3). The smallest absolute Gasteiger partial charge is 0.317 e. The molecule has 0 aliphatic carbocycles. The number of nitrogens with two attached hydrogens (primary N) is 1. The lowest BCUT2D eigenvalue weighted by atomic mass is 10.0. The molecular weight excluding hydrogens is 308 g/mol. The number of likely N-dealkylation sites (tertiary alicyclic amines) is 1. The van der Waals surface area contributed by atoms with Gasteiger partial charge in [-0.25, -0.2) is 4.79 Å². The Bertz CT molecular complexity index is 485. The maximum atomic E-state index is 11.7. The fourth-order valence-electron chi connectivity index (χ4n) is 2.66. The van der Waals surface area contributed by atoms with Crippen molar-refractivity contribution in [2.45, 2.75) is 32.2 Å². The number of anilines is 1. The van der Waals surface area contributed by atoms with E-state index in [-0.39, 0.29) is 12.5 Å². The third kappa shape index (κ3) is 6.87. The summed E-state index contributed by atoms with van der Waals surface area (Å²) in [6, 6.07) is 8.97. The number of carbonyl (C=O) groups is 2. The molecule has 0 saturated carbocycles. The van der Waals surface area contributed by atoms with E-state index in [1.54, 1.807) is 0 Å². The highest BCUT2D eigenvalue weighted by atomic mass is 16.3. The van der Waals surface area contributed by atoms with Crippen molar-refractivity contribution in [2.24, 2.45) is 5.73 Å². The molecule has 1 aliphatic heterocycles. The van der Waals surface area contributed by atoms with E-state index >= 15 is 0 Å². The van der Waals surface area contributed by atoms with Gasteiger partial charge in [-0.3, -0.25) is 4.79 Å². The SMILES string of the molecule is CCNC(=O)N1CCC(Nc2ccc(CCN)cc2)CC1.O=CO. The lowest BCUT2D eigenvalue weighted by Gasteiger charge is -2.32. The largest absolute Gasteiger partial charge is 0.483 e. The second kappa shape index (κ2) is 11.3. The molecule has 1 saturated heterocycles. The first kappa shape index (κ1) is 19.8. The number of carbonyl (C=O) groups excluding carboxylic acids is 1. The molecule has 134 valence electrons. The highest BCUT2D eigenvalue weighted by molar-refractivity contribution is 5.74. The molecule has 7 nitrogen and oxygen atoms in total. The molecule has 0 atom stereocenters. The molecule has 0 spiro atoms. The van der Waals surface area contributed by atoms with Gasteiger partial charge in [0.05, 0.1) is 0 Å². The topological polar surface area (TPSA) is 108 Å². The first-order valence-electron chi connectivity index (χ1n) is 8.30. The van der Waals surface area contributed by atoms with Crippen LogP contribution < -0.4 is 16.4 Å². The summed E-state index contributed by atoms with van der Waals surface area (Å²) >= 11 is 0. The number of hydrogen-bond acceptors (Lipinski definition) is 4. The minimum atomic E-state index is -0.250. The van der Waals surface area contributed by atoms with E-state index in [2.05, 4.69) is 34.9 Å². The normalized spacial score (nSPS) is 14.3. The zero-order valence-electron chi connectivity index (χ0n) is 14.2. The van der Waals surface area contributed by atoms with Crippen LogP contribution in [0.15, 0.2) is 24.3 Å². The van der Waals surface area contributed by atoms with Crippen LogP contribution in [0.2, 0.25) is 0 Å². The van der Waals surface area contributed by atoms with Gasteiger partial charge in [-0.05, 0) is 50.4 Å². The third-order valence-electron chi connectivity index (χ3n) is 3.87. The van der Waals surface area contributed by atoms with Gasteiger partial charge in [0, 0.05) is 31.4 Å². The Morgan fingerprint density at radius 2 is 1.92 bits per heavy atom. The molecule has 1 aliphatic rings. The van der Waals surface area contributed by atoms with E-state index < -0.39 is 0 Å². The van der Waals surface area contributed by atoms with Crippen molar-refractivity contribution in [1.29, 1.82) is 0 Å². The van der Waals surface area contributed by atoms with Crippen molar-refractivity contribution < 1.29 is 14.7 Å². The van der Waals surface area contributed by atoms with E-state index in [4.69, 9.17) is 15.6 Å². The molecule has 24 heavy (non-hydrogen) atoms. The summed E-state index contributed by atoms with van der Waals surface area (Å²) < 4.78 is 0. The van der Waals surface area contributed by atoms with Gasteiger partial charge in [-0.15, -0.1) is 0 Å². The van der Waals surface area contributed by atoms with E-state index in [9.17, 15) is 4.79 Å². The Labute approximate surface area is 143 Å². The van der Waals surface area contributed by atoms with Crippen LogP contribution in [0.3, 0.4) is 0 Å². The number of benzene rings is 1. The zero-order chi connectivity index (χ0) is 17.8. The monoisotopic (exact) mass is 336 g/mol. The summed E-state index contributed by atoms with van der Waals surface area (Å²) in [5, 5.41) is 13.3. The molecule has 5 N–H and O–H groups in total. The number of nitrogens with zero attached hydrogens (tertiary/aromatic N) is 1. The van der Waals surface area contributed by atoms with Crippen LogP contribution in [0.5, 0.6) is 0 Å². The molecule has 1 aromatic carbocycles. The van der Waals surface area contributed by atoms with Crippen LogP contribution in [0, 0.1) is 0 Å². The van der Waals surface area contributed by atoms with Crippen LogP contribution in [0.25, 0.3) is 0 Å². The van der Waals surface area contributed by atoms with Crippen LogP contribution in [0.4, 0.5) is 10.5 Å². The highest BCUT2D eigenvalue weighted by Crippen LogP contribution is 2.17. The molecular formula is C17H28N4O3. The molecule has 7 heteroatoms. The lowest BCUT2D eigenvalue weighted by Crippen LogP contribution is -2.46. The summed E-state index contributed by atoms with van der Waals surface area (Å²) in [7, 11) is 0. The van der Waals surface area contributed by atoms with Crippen LogP contribution >= 0.6 is 0 Å².